The van der Waals surface area contributed by atoms with Crippen molar-refractivity contribution >= 4 is 5.91 Å². The highest BCUT2D eigenvalue weighted by atomic mass is 16.3. The average molecular weight is 320 g/mol. The summed E-state index contributed by atoms with van der Waals surface area (Å²) in [6, 6.07) is 15.8. The van der Waals surface area contributed by atoms with Crippen LogP contribution in [0.1, 0.15) is 24.2 Å². The summed E-state index contributed by atoms with van der Waals surface area (Å²) < 4.78 is 5.31. The Bertz CT molecular complexity index is 804. The Hall–Kier alpha value is -2.88. The molecule has 4 nitrogen and oxygen atoms in total. The van der Waals surface area contributed by atoms with Crippen molar-refractivity contribution in [3.63, 3.8) is 0 Å². The Morgan fingerprint density at radius 1 is 1.00 bits per heavy atom. The minimum Gasteiger partial charge on any atom is -0.444 e. The van der Waals surface area contributed by atoms with Gasteiger partial charge in [0, 0.05) is 24.2 Å². The van der Waals surface area contributed by atoms with E-state index in [9.17, 15) is 4.79 Å². The average Bonchev–Trinajstić information content (AvgIpc) is 3.17. The van der Waals surface area contributed by atoms with Crippen molar-refractivity contribution in [3.8, 4) is 22.5 Å². The van der Waals surface area contributed by atoms with Crippen molar-refractivity contribution < 1.29 is 9.21 Å². The van der Waals surface area contributed by atoms with Gasteiger partial charge in [-0.3, -0.25) is 4.79 Å². The summed E-state index contributed by atoms with van der Waals surface area (Å²) in [5.74, 6) is 0.812. The molecule has 0 aliphatic heterocycles. The maximum Gasteiger partial charge on any atom is 0.253 e. The van der Waals surface area contributed by atoms with Gasteiger partial charge in [-0.15, -0.1) is 0 Å². The molecule has 0 bridgehead atoms. The number of carbonyl (C=O) groups is 1. The van der Waals surface area contributed by atoms with Crippen LogP contribution in [0.5, 0.6) is 0 Å². The summed E-state index contributed by atoms with van der Waals surface area (Å²) in [6.07, 6.45) is 3.12. The highest BCUT2D eigenvalue weighted by Gasteiger charge is 2.13. The Kier molecular flexibility index (Phi) is 4.75. The molecule has 0 aliphatic carbocycles. The second-order valence-corrected chi connectivity index (χ2v) is 5.50. The fourth-order valence-electron chi connectivity index (χ4n) is 2.71. The smallest absolute Gasteiger partial charge is 0.253 e. The Morgan fingerprint density at radius 3 is 2.33 bits per heavy atom. The molecule has 2 aromatic carbocycles. The lowest BCUT2D eigenvalue weighted by Crippen LogP contribution is -2.30. The van der Waals surface area contributed by atoms with Crippen LogP contribution in [0.4, 0.5) is 0 Å². The van der Waals surface area contributed by atoms with Gasteiger partial charge in [-0.1, -0.05) is 36.4 Å². The molecule has 1 heterocycles. The minimum absolute atomic E-state index is 0.0696. The lowest BCUT2D eigenvalue weighted by atomic mass is 10.0. The third kappa shape index (κ3) is 3.23. The van der Waals surface area contributed by atoms with Gasteiger partial charge in [0.15, 0.2) is 12.2 Å². The topological polar surface area (TPSA) is 46.3 Å². The van der Waals surface area contributed by atoms with E-state index in [0.29, 0.717) is 13.1 Å². The van der Waals surface area contributed by atoms with Crippen LogP contribution in [-0.4, -0.2) is 28.9 Å². The summed E-state index contributed by atoms with van der Waals surface area (Å²) >= 11 is 0. The Labute approximate surface area is 141 Å². The molecule has 1 amide bonds. The SMILES string of the molecule is CCN(CC)C(=O)c1cccc(-c2ccc(-c3cnco3)cc2)c1. The maximum atomic E-state index is 12.5. The number of hydrogen-bond acceptors (Lipinski definition) is 3. The Morgan fingerprint density at radius 2 is 1.71 bits per heavy atom. The van der Waals surface area contributed by atoms with Gasteiger partial charge in [0.2, 0.25) is 0 Å². The largest absolute Gasteiger partial charge is 0.444 e. The first kappa shape index (κ1) is 16.0. The van der Waals surface area contributed by atoms with Crippen molar-refractivity contribution in [2.45, 2.75) is 13.8 Å². The van der Waals surface area contributed by atoms with Crippen LogP contribution >= 0.6 is 0 Å². The van der Waals surface area contributed by atoms with Crippen LogP contribution in [-0.2, 0) is 0 Å². The summed E-state index contributed by atoms with van der Waals surface area (Å²) in [5.41, 5.74) is 3.78. The molecule has 122 valence electrons. The van der Waals surface area contributed by atoms with E-state index < -0.39 is 0 Å². The van der Waals surface area contributed by atoms with E-state index in [1.165, 1.54) is 6.39 Å². The molecule has 0 saturated carbocycles. The normalized spacial score (nSPS) is 10.6. The number of aromatic nitrogens is 1. The molecule has 0 unspecified atom stereocenters. The molecule has 0 fully saturated rings. The van der Waals surface area contributed by atoms with Gasteiger partial charge in [-0.05, 0) is 37.1 Å². The zero-order valence-corrected chi connectivity index (χ0v) is 13.9. The molecule has 0 saturated heterocycles. The number of nitrogens with zero attached hydrogens (tertiary/aromatic N) is 2. The fraction of sp³-hybridized carbons (Fsp3) is 0.200. The molecule has 0 atom stereocenters. The van der Waals surface area contributed by atoms with Crippen molar-refractivity contribution in [3.05, 3.63) is 66.7 Å². The zero-order chi connectivity index (χ0) is 16.9. The summed E-state index contributed by atoms with van der Waals surface area (Å²) in [6.45, 7) is 5.41. The lowest BCUT2D eigenvalue weighted by molar-refractivity contribution is 0.0773. The molecule has 0 radical (unpaired) electrons. The number of rotatable bonds is 5. The molecular formula is C20H20N2O2. The van der Waals surface area contributed by atoms with Crippen LogP contribution < -0.4 is 0 Å². The minimum atomic E-state index is 0.0696. The molecule has 0 N–H and O–H groups in total. The lowest BCUT2D eigenvalue weighted by Gasteiger charge is -2.19. The van der Waals surface area contributed by atoms with Gasteiger partial charge in [-0.25, -0.2) is 4.98 Å². The first-order valence-corrected chi connectivity index (χ1v) is 8.11. The van der Waals surface area contributed by atoms with Crippen LogP contribution in [0, 0.1) is 0 Å². The zero-order valence-electron chi connectivity index (χ0n) is 13.9. The van der Waals surface area contributed by atoms with E-state index >= 15 is 0 Å². The van der Waals surface area contributed by atoms with Crippen molar-refractivity contribution in [1.29, 1.82) is 0 Å². The van der Waals surface area contributed by atoms with Crippen LogP contribution in [0.3, 0.4) is 0 Å². The quantitative estimate of drug-likeness (QED) is 0.696. The van der Waals surface area contributed by atoms with Crippen LogP contribution in [0.25, 0.3) is 22.5 Å². The van der Waals surface area contributed by atoms with E-state index in [1.807, 2.05) is 67.3 Å². The summed E-state index contributed by atoms with van der Waals surface area (Å²) in [5, 5.41) is 0. The van der Waals surface area contributed by atoms with Gasteiger partial charge < -0.3 is 9.32 Å². The van der Waals surface area contributed by atoms with Gasteiger partial charge in [0.25, 0.3) is 5.91 Å². The Balaban J connectivity index is 1.87. The first-order valence-electron chi connectivity index (χ1n) is 8.11. The van der Waals surface area contributed by atoms with Crippen LogP contribution in [0.15, 0.2) is 65.5 Å². The third-order valence-electron chi connectivity index (χ3n) is 4.10. The number of oxazole rings is 1. The number of carbonyl (C=O) groups excluding carboxylic acids is 1. The van der Waals surface area contributed by atoms with E-state index in [4.69, 9.17) is 4.42 Å². The van der Waals surface area contributed by atoms with E-state index in [1.54, 1.807) is 6.20 Å². The third-order valence-corrected chi connectivity index (χ3v) is 4.10. The van der Waals surface area contributed by atoms with Crippen molar-refractivity contribution in [1.82, 2.24) is 9.88 Å². The number of hydrogen-bond donors (Lipinski definition) is 0. The second kappa shape index (κ2) is 7.13. The first-order chi connectivity index (χ1) is 11.7. The fourth-order valence-corrected chi connectivity index (χ4v) is 2.71. The molecule has 3 rings (SSSR count). The molecule has 4 heteroatoms. The van der Waals surface area contributed by atoms with E-state index in [0.717, 1.165) is 28.0 Å². The summed E-state index contributed by atoms with van der Waals surface area (Å²) in [7, 11) is 0. The predicted molar refractivity (Wildman–Crippen MR) is 94.6 cm³/mol. The van der Waals surface area contributed by atoms with Gasteiger partial charge in [0.1, 0.15) is 0 Å². The second-order valence-electron chi connectivity index (χ2n) is 5.50. The van der Waals surface area contributed by atoms with Crippen molar-refractivity contribution in [2.75, 3.05) is 13.1 Å². The number of benzene rings is 2. The molecular weight excluding hydrogens is 300 g/mol. The van der Waals surface area contributed by atoms with Gasteiger partial charge in [0.05, 0.1) is 6.20 Å². The monoisotopic (exact) mass is 320 g/mol. The highest BCUT2D eigenvalue weighted by Crippen LogP contribution is 2.25. The number of amides is 1. The summed E-state index contributed by atoms with van der Waals surface area (Å²) in [4.78, 5) is 18.3. The molecule has 1 aromatic heterocycles. The molecule has 0 aliphatic rings. The van der Waals surface area contributed by atoms with Crippen molar-refractivity contribution in [2.24, 2.45) is 0 Å². The van der Waals surface area contributed by atoms with Gasteiger partial charge in [-0.2, -0.15) is 0 Å². The highest BCUT2D eigenvalue weighted by molar-refractivity contribution is 5.95. The standard InChI is InChI=1S/C20H20N2O2/c1-3-22(4-2)20(23)18-7-5-6-17(12-18)15-8-10-16(11-9-15)19-13-21-14-24-19/h5-14H,3-4H2,1-2H3. The van der Waals surface area contributed by atoms with E-state index in [-0.39, 0.29) is 5.91 Å². The molecule has 24 heavy (non-hydrogen) atoms. The molecule has 0 spiro atoms. The molecule has 3 aromatic rings. The van der Waals surface area contributed by atoms with Gasteiger partial charge >= 0.3 is 0 Å². The van der Waals surface area contributed by atoms with E-state index in [2.05, 4.69) is 4.98 Å². The maximum absolute atomic E-state index is 12.5. The predicted octanol–water partition coefficient (Wildman–Crippen LogP) is 4.49. The van der Waals surface area contributed by atoms with Crippen LogP contribution in [0.2, 0.25) is 0 Å².